The minimum Gasteiger partial charge on any atom is -0.396 e. The molecule has 0 fully saturated rings. The molecular weight excluding hydrogens is 310 g/mol. The van der Waals surface area contributed by atoms with Gasteiger partial charge in [0.15, 0.2) is 9.84 Å². The highest BCUT2D eigenvalue weighted by atomic mass is 32.2. The number of carbonyl (C=O) groups excluding carboxylic acids is 1. The fraction of sp³-hybridized carbons (Fsp3) is 0.615. The number of nitrogens with two attached hydrogens (primary N) is 1. The van der Waals surface area contributed by atoms with Gasteiger partial charge in [0.1, 0.15) is 14.8 Å². The minimum absolute atomic E-state index is 0.0187. The summed E-state index contributed by atoms with van der Waals surface area (Å²) in [5.41, 5.74) is 5.95. The largest absolute Gasteiger partial charge is 0.396 e. The second kappa shape index (κ2) is 6.23. The standard InChI is InChI=1S/C13H23N3O3S2/c1-7(2)8(3)15-12-11(21(6,18)19)9(14)10(20-12)13(17)16(4)5/h7-8,15H,14H2,1-6H3. The van der Waals surface area contributed by atoms with Gasteiger partial charge in [0.2, 0.25) is 0 Å². The number of anilines is 2. The number of nitrogen functional groups attached to an aromatic ring is 1. The zero-order chi connectivity index (χ0) is 16.5. The van der Waals surface area contributed by atoms with Crippen molar-refractivity contribution in [1.82, 2.24) is 4.90 Å². The van der Waals surface area contributed by atoms with Crippen LogP contribution in [0.2, 0.25) is 0 Å². The Hall–Kier alpha value is -1.28. The Balaban J connectivity index is 3.43. The van der Waals surface area contributed by atoms with E-state index >= 15 is 0 Å². The topological polar surface area (TPSA) is 92.5 Å². The average molecular weight is 333 g/mol. The van der Waals surface area contributed by atoms with Crippen LogP contribution in [0, 0.1) is 5.92 Å². The van der Waals surface area contributed by atoms with Gasteiger partial charge in [-0.3, -0.25) is 4.79 Å². The van der Waals surface area contributed by atoms with Crippen LogP contribution in [0.4, 0.5) is 10.7 Å². The molecule has 6 nitrogen and oxygen atoms in total. The van der Waals surface area contributed by atoms with Crippen molar-refractivity contribution in [3.05, 3.63) is 4.88 Å². The number of nitrogens with one attached hydrogen (secondary N) is 1. The van der Waals surface area contributed by atoms with Crippen LogP contribution in [0.1, 0.15) is 30.4 Å². The quantitative estimate of drug-likeness (QED) is 0.858. The molecule has 1 unspecified atom stereocenters. The van der Waals surface area contributed by atoms with Crippen LogP contribution in [0.5, 0.6) is 0 Å². The van der Waals surface area contributed by atoms with E-state index in [0.717, 1.165) is 17.6 Å². The lowest BCUT2D eigenvalue weighted by atomic mass is 10.1. The summed E-state index contributed by atoms with van der Waals surface area (Å²) in [5.74, 6) is 0.0152. The lowest BCUT2D eigenvalue weighted by molar-refractivity contribution is 0.0833. The number of amides is 1. The van der Waals surface area contributed by atoms with Gasteiger partial charge in [-0.25, -0.2) is 8.42 Å². The van der Waals surface area contributed by atoms with E-state index < -0.39 is 9.84 Å². The maximum absolute atomic E-state index is 12.1. The van der Waals surface area contributed by atoms with E-state index in [-0.39, 0.29) is 27.4 Å². The highest BCUT2D eigenvalue weighted by Crippen LogP contribution is 2.40. The van der Waals surface area contributed by atoms with E-state index in [1.54, 1.807) is 14.1 Å². The van der Waals surface area contributed by atoms with Crippen molar-refractivity contribution >= 4 is 37.8 Å². The fourth-order valence-corrected chi connectivity index (χ4v) is 4.30. The first-order valence-corrected chi connectivity index (χ1v) is 9.28. The van der Waals surface area contributed by atoms with Crippen molar-refractivity contribution in [3.63, 3.8) is 0 Å². The van der Waals surface area contributed by atoms with Crippen molar-refractivity contribution in [2.24, 2.45) is 5.92 Å². The third kappa shape index (κ3) is 3.88. The van der Waals surface area contributed by atoms with Gasteiger partial charge in [-0.2, -0.15) is 0 Å². The average Bonchev–Trinajstić information content (AvgIpc) is 2.64. The molecule has 3 N–H and O–H groups in total. The molecule has 0 bridgehead atoms. The van der Waals surface area contributed by atoms with Crippen molar-refractivity contribution in [1.29, 1.82) is 0 Å². The van der Waals surface area contributed by atoms with Crippen LogP contribution in [0.15, 0.2) is 4.90 Å². The zero-order valence-electron chi connectivity index (χ0n) is 13.2. The van der Waals surface area contributed by atoms with Crippen LogP contribution in [-0.2, 0) is 9.84 Å². The van der Waals surface area contributed by atoms with E-state index in [2.05, 4.69) is 5.32 Å². The Morgan fingerprint density at radius 1 is 1.29 bits per heavy atom. The van der Waals surface area contributed by atoms with Crippen molar-refractivity contribution in [2.45, 2.75) is 31.7 Å². The molecule has 1 rings (SSSR count). The van der Waals surface area contributed by atoms with Crippen LogP contribution >= 0.6 is 11.3 Å². The van der Waals surface area contributed by atoms with Gasteiger partial charge in [-0.15, -0.1) is 11.3 Å². The third-order valence-electron chi connectivity index (χ3n) is 3.23. The second-order valence-corrected chi connectivity index (χ2v) is 8.63. The van der Waals surface area contributed by atoms with Crippen molar-refractivity contribution in [2.75, 3.05) is 31.4 Å². The highest BCUT2D eigenvalue weighted by molar-refractivity contribution is 7.91. The van der Waals surface area contributed by atoms with E-state index in [9.17, 15) is 13.2 Å². The smallest absolute Gasteiger partial charge is 0.265 e. The number of carbonyl (C=O) groups is 1. The summed E-state index contributed by atoms with van der Waals surface area (Å²) in [6.07, 6.45) is 1.10. The summed E-state index contributed by atoms with van der Waals surface area (Å²) < 4.78 is 24.0. The van der Waals surface area contributed by atoms with Crippen molar-refractivity contribution in [3.8, 4) is 0 Å². The van der Waals surface area contributed by atoms with Gasteiger partial charge < -0.3 is 16.0 Å². The van der Waals surface area contributed by atoms with Crippen LogP contribution < -0.4 is 11.1 Å². The van der Waals surface area contributed by atoms with Gasteiger partial charge in [0.05, 0.1) is 5.69 Å². The minimum atomic E-state index is -3.52. The summed E-state index contributed by atoms with van der Waals surface area (Å²) in [6, 6.07) is 0.0610. The monoisotopic (exact) mass is 333 g/mol. The van der Waals surface area contributed by atoms with E-state index in [0.29, 0.717) is 10.9 Å². The maximum Gasteiger partial charge on any atom is 0.265 e. The van der Waals surface area contributed by atoms with Gasteiger partial charge in [-0.1, -0.05) is 13.8 Å². The molecule has 1 atom stereocenters. The number of nitrogens with zero attached hydrogens (tertiary/aromatic N) is 1. The molecule has 0 saturated heterocycles. The molecular formula is C13H23N3O3S2. The Morgan fingerprint density at radius 2 is 1.81 bits per heavy atom. The Bertz CT molecular complexity index is 633. The molecule has 1 heterocycles. The highest BCUT2D eigenvalue weighted by Gasteiger charge is 2.28. The summed E-state index contributed by atoms with van der Waals surface area (Å²) in [6.45, 7) is 6.02. The third-order valence-corrected chi connectivity index (χ3v) is 5.65. The molecule has 8 heteroatoms. The molecule has 0 aliphatic heterocycles. The summed E-state index contributed by atoms with van der Waals surface area (Å²) in [7, 11) is -0.316. The Morgan fingerprint density at radius 3 is 2.19 bits per heavy atom. The predicted octanol–water partition coefficient (Wildman–Crippen LogP) is 1.89. The van der Waals surface area contributed by atoms with Crippen LogP contribution in [0.3, 0.4) is 0 Å². The maximum atomic E-state index is 12.1. The lowest BCUT2D eigenvalue weighted by Crippen LogP contribution is -2.22. The lowest BCUT2D eigenvalue weighted by Gasteiger charge is -2.18. The predicted molar refractivity (Wildman–Crippen MR) is 87.8 cm³/mol. The van der Waals surface area contributed by atoms with Crippen LogP contribution in [0.25, 0.3) is 0 Å². The fourth-order valence-electron chi connectivity index (χ4n) is 1.63. The first-order valence-electron chi connectivity index (χ1n) is 6.57. The molecule has 0 radical (unpaired) electrons. The Kier molecular flexibility index (Phi) is 5.27. The molecule has 1 aromatic heterocycles. The normalized spacial score (nSPS) is 13.3. The van der Waals surface area contributed by atoms with Crippen LogP contribution in [-0.4, -0.2) is 45.6 Å². The van der Waals surface area contributed by atoms with Gasteiger partial charge in [0, 0.05) is 26.4 Å². The number of rotatable bonds is 5. The molecule has 21 heavy (non-hydrogen) atoms. The van der Waals surface area contributed by atoms with Crippen molar-refractivity contribution < 1.29 is 13.2 Å². The number of hydrogen-bond donors (Lipinski definition) is 2. The zero-order valence-corrected chi connectivity index (χ0v) is 14.9. The number of thiophene rings is 1. The van der Waals surface area contributed by atoms with E-state index in [1.807, 2.05) is 20.8 Å². The molecule has 0 aliphatic rings. The molecule has 1 amide bonds. The summed E-state index contributed by atoms with van der Waals surface area (Å²) in [5, 5.41) is 3.59. The second-order valence-electron chi connectivity index (χ2n) is 5.65. The summed E-state index contributed by atoms with van der Waals surface area (Å²) >= 11 is 1.09. The van der Waals surface area contributed by atoms with Gasteiger partial charge >= 0.3 is 0 Å². The first kappa shape index (κ1) is 17.8. The molecule has 0 aliphatic carbocycles. The van der Waals surface area contributed by atoms with E-state index in [1.165, 1.54) is 4.90 Å². The summed E-state index contributed by atoms with van der Waals surface area (Å²) in [4.78, 5) is 13.8. The molecule has 0 saturated carbocycles. The van der Waals surface area contributed by atoms with Gasteiger partial charge in [-0.05, 0) is 12.8 Å². The molecule has 0 spiro atoms. The SMILES string of the molecule is CC(C)C(C)Nc1sc(C(=O)N(C)C)c(N)c1S(C)(=O)=O. The number of sulfone groups is 1. The molecule has 0 aromatic carbocycles. The van der Waals surface area contributed by atoms with Gasteiger partial charge in [0.25, 0.3) is 5.91 Å². The molecule has 1 aromatic rings. The molecule has 120 valence electrons. The number of hydrogen-bond acceptors (Lipinski definition) is 6. The first-order chi connectivity index (χ1) is 9.46. The Labute approximate surface area is 130 Å². The van der Waals surface area contributed by atoms with E-state index in [4.69, 9.17) is 5.73 Å².